The lowest BCUT2D eigenvalue weighted by Gasteiger charge is -2.22. The van der Waals surface area contributed by atoms with E-state index in [2.05, 4.69) is 5.48 Å². The Bertz CT molecular complexity index is 517. The third-order valence-corrected chi connectivity index (χ3v) is 3.91. The number of hydrogen-bond acceptors (Lipinski definition) is 4. The number of amides is 1. The number of carbonyl (C=O) groups excluding carboxylic acids is 1. The Kier molecular flexibility index (Phi) is 6.95. The lowest BCUT2D eigenvalue weighted by molar-refractivity contribution is -0.200. The molecule has 2 atom stereocenters. The molecule has 5 nitrogen and oxygen atoms in total. The van der Waals surface area contributed by atoms with Crippen molar-refractivity contribution in [2.45, 2.75) is 51.4 Å². The molecule has 1 aromatic rings. The second-order valence-corrected chi connectivity index (χ2v) is 5.71. The van der Waals surface area contributed by atoms with Crippen LogP contribution in [0.5, 0.6) is 0 Å². The van der Waals surface area contributed by atoms with Gasteiger partial charge in [0.15, 0.2) is 6.29 Å². The van der Waals surface area contributed by atoms with Gasteiger partial charge >= 0.3 is 0 Å². The van der Waals surface area contributed by atoms with Crippen LogP contribution >= 0.6 is 0 Å². The van der Waals surface area contributed by atoms with Gasteiger partial charge in [-0.1, -0.05) is 12.1 Å². The Morgan fingerprint density at radius 1 is 1.48 bits per heavy atom. The van der Waals surface area contributed by atoms with E-state index in [4.69, 9.17) is 14.3 Å². The Morgan fingerprint density at radius 3 is 2.96 bits per heavy atom. The van der Waals surface area contributed by atoms with Gasteiger partial charge in [0.2, 0.25) is 5.91 Å². The summed E-state index contributed by atoms with van der Waals surface area (Å²) < 4.78 is 24.1. The van der Waals surface area contributed by atoms with E-state index in [1.54, 1.807) is 26.2 Å². The van der Waals surface area contributed by atoms with Gasteiger partial charge in [-0.3, -0.25) is 4.79 Å². The number of benzene rings is 1. The van der Waals surface area contributed by atoms with Gasteiger partial charge in [0.25, 0.3) is 0 Å². The molecule has 1 heterocycles. The fourth-order valence-electron chi connectivity index (χ4n) is 2.54. The zero-order chi connectivity index (χ0) is 16.7. The normalized spacial score (nSPS) is 19.3. The smallest absolute Gasteiger partial charge is 0.243 e. The average molecular weight is 325 g/mol. The molecule has 1 aliphatic heterocycles. The summed E-state index contributed by atoms with van der Waals surface area (Å²) in [4.78, 5) is 17.1. The van der Waals surface area contributed by atoms with Crippen molar-refractivity contribution in [3.63, 3.8) is 0 Å². The third-order valence-electron chi connectivity index (χ3n) is 3.91. The summed E-state index contributed by atoms with van der Waals surface area (Å²) in [5.74, 6) is -0.470. The van der Waals surface area contributed by atoms with Gasteiger partial charge in [0.1, 0.15) is 5.82 Å². The predicted octanol–water partition coefficient (Wildman–Crippen LogP) is 3.18. The van der Waals surface area contributed by atoms with E-state index in [9.17, 15) is 9.18 Å². The molecule has 2 rings (SSSR count). The number of aryl methyl sites for hydroxylation is 1. The largest absolute Gasteiger partial charge is 0.377 e. The number of rotatable bonds is 7. The first-order valence-electron chi connectivity index (χ1n) is 7.95. The minimum Gasteiger partial charge on any atom is -0.377 e. The van der Waals surface area contributed by atoms with Gasteiger partial charge in [-0.15, -0.1) is 0 Å². The highest BCUT2D eigenvalue weighted by atomic mass is 19.1. The van der Waals surface area contributed by atoms with Crippen molar-refractivity contribution in [2.75, 3.05) is 13.7 Å². The highest BCUT2D eigenvalue weighted by Crippen LogP contribution is 2.24. The molecule has 1 amide bonds. The average Bonchev–Trinajstić information content (AvgIpc) is 2.57. The number of methoxy groups -OCH3 is 1. The zero-order valence-corrected chi connectivity index (χ0v) is 13.6. The molecule has 1 aromatic carbocycles. The van der Waals surface area contributed by atoms with Crippen LogP contribution in [0.4, 0.5) is 4.39 Å². The summed E-state index contributed by atoms with van der Waals surface area (Å²) in [6.45, 7) is 2.37. The Balaban J connectivity index is 1.77. The van der Waals surface area contributed by atoms with Crippen molar-refractivity contribution in [3.8, 4) is 0 Å². The molecule has 128 valence electrons. The van der Waals surface area contributed by atoms with Crippen molar-refractivity contribution < 1.29 is 23.5 Å². The monoisotopic (exact) mass is 325 g/mol. The first-order valence-corrected chi connectivity index (χ1v) is 7.95. The van der Waals surface area contributed by atoms with Crippen LogP contribution in [-0.2, 0) is 19.1 Å². The summed E-state index contributed by atoms with van der Waals surface area (Å²) in [7, 11) is 1.58. The van der Waals surface area contributed by atoms with E-state index < -0.39 is 0 Å². The SMILES string of the molecule is CO[C@H](CCC(=O)NOC1CCCCO1)c1ccc(F)c(C)c1. The minimum absolute atomic E-state index is 0.222. The van der Waals surface area contributed by atoms with Crippen molar-refractivity contribution >= 4 is 5.91 Å². The molecule has 0 aliphatic carbocycles. The molecule has 0 radical (unpaired) electrons. The molecule has 1 aliphatic rings. The lowest BCUT2D eigenvalue weighted by Crippen LogP contribution is -2.33. The maximum atomic E-state index is 13.3. The number of hydrogen-bond donors (Lipinski definition) is 1. The molecule has 1 N–H and O–H groups in total. The molecule has 0 bridgehead atoms. The van der Waals surface area contributed by atoms with Gasteiger partial charge in [0.05, 0.1) is 6.10 Å². The second-order valence-electron chi connectivity index (χ2n) is 5.71. The molecule has 0 saturated carbocycles. The maximum Gasteiger partial charge on any atom is 0.243 e. The summed E-state index contributed by atoms with van der Waals surface area (Å²) >= 11 is 0. The Hall–Kier alpha value is -1.50. The van der Waals surface area contributed by atoms with Crippen LogP contribution in [-0.4, -0.2) is 25.9 Å². The summed E-state index contributed by atoms with van der Waals surface area (Å²) in [6.07, 6.45) is 2.98. The van der Waals surface area contributed by atoms with Crippen LogP contribution in [0.2, 0.25) is 0 Å². The molecule has 1 unspecified atom stereocenters. The molecular formula is C17H24FNO4. The van der Waals surface area contributed by atoms with Gasteiger partial charge < -0.3 is 9.47 Å². The van der Waals surface area contributed by atoms with Crippen molar-refractivity contribution in [1.29, 1.82) is 0 Å². The van der Waals surface area contributed by atoms with Crippen LogP contribution < -0.4 is 5.48 Å². The Labute approximate surface area is 136 Å². The molecule has 23 heavy (non-hydrogen) atoms. The highest BCUT2D eigenvalue weighted by Gasteiger charge is 2.17. The van der Waals surface area contributed by atoms with Crippen LogP contribution in [0.25, 0.3) is 0 Å². The minimum atomic E-state index is -0.356. The standard InChI is InChI=1S/C17H24FNO4/c1-12-11-13(6-7-14(12)18)15(21-2)8-9-16(20)19-23-17-5-3-4-10-22-17/h6-7,11,15,17H,3-5,8-10H2,1-2H3,(H,19,20)/t15-,17?/m1/s1. The first kappa shape index (κ1) is 17.8. The number of carbonyl (C=O) groups is 1. The fraction of sp³-hybridized carbons (Fsp3) is 0.588. The van der Waals surface area contributed by atoms with E-state index in [1.807, 2.05) is 0 Å². The number of ether oxygens (including phenoxy) is 2. The molecule has 6 heteroatoms. The van der Waals surface area contributed by atoms with Gasteiger partial charge in [-0.2, -0.15) is 0 Å². The van der Waals surface area contributed by atoms with E-state index in [1.165, 1.54) is 6.07 Å². The molecular weight excluding hydrogens is 301 g/mol. The van der Waals surface area contributed by atoms with E-state index in [0.717, 1.165) is 24.8 Å². The lowest BCUT2D eigenvalue weighted by atomic mass is 10.0. The molecule has 1 saturated heterocycles. The van der Waals surface area contributed by atoms with Crippen LogP contribution in [0.15, 0.2) is 18.2 Å². The molecule has 1 fully saturated rings. The van der Waals surface area contributed by atoms with Gasteiger partial charge in [0, 0.05) is 26.6 Å². The zero-order valence-electron chi connectivity index (χ0n) is 13.6. The number of nitrogens with one attached hydrogen (secondary N) is 1. The summed E-state index contributed by atoms with van der Waals surface area (Å²) in [6, 6.07) is 4.84. The van der Waals surface area contributed by atoms with Crippen LogP contribution in [0.3, 0.4) is 0 Å². The van der Waals surface area contributed by atoms with Crippen molar-refractivity contribution in [3.05, 3.63) is 35.1 Å². The first-order chi connectivity index (χ1) is 11.1. The third kappa shape index (κ3) is 5.57. The second kappa shape index (κ2) is 8.96. The molecule has 0 spiro atoms. The topological polar surface area (TPSA) is 56.8 Å². The van der Waals surface area contributed by atoms with E-state index in [0.29, 0.717) is 18.6 Å². The number of hydroxylamine groups is 1. The fourth-order valence-corrected chi connectivity index (χ4v) is 2.54. The number of halogens is 1. The van der Waals surface area contributed by atoms with Gasteiger partial charge in [-0.05, 0) is 43.4 Å². The van der Waals surface area contributed by atoms with Crippen LogP contribution in [0, 0.1) is 12.7 Å². The molecule has 0 aromatic heterocycles. The van der Waals surface area contributed by atoms with Crippen LogP contribution in [0.1, 0.15) is 49.3 Å². The van der Waals surface area contributed by atoms with Crippen molar-refractivity contribution in [2.24, 2.45) is 0 Å². The van der Waals surface area contributed by atoms with Gasteiger partial charge in [-0.25, -0.2) is 14.7 Å². The quantitative estimate of drug-likeness (QED) is 0.782. The summed E-state index contributed by atoms with van der Waals surface area (Å²) in [5, 5.41) is 0. The predicted molar refractivity (Wildman–Crippen MR) is 82.9 cm³/mol. The van der Waals surface area contributed by atoms with E-state index >= 15 is 0 Å². The van der Waals surface area contributed by atoms with E-state index in [-0.39, 0.29) is 30.5 Å². The van der Waals surface area contributed by atoms with Crippen molar-refractivity contribution in [1.82, 2.24) is 5.48 Å². The highest BCUT2D eigenvalue weighted by molar-refractivity contribution is 5.74. The maximum absolute atomic E-state index is 13.3. The summed E-state index contributed by atoms with van der Waals surface area (Å²) in [5.41, 5.74) is 3.84. The Morgan fingerprint density at radius 2 is 2.30 bits per heavy atom.